The molecule has 0 bridgehead atoms. The van der Waals surface area contributed by atoms with E-state index >= 15 is 0 Å². The topological polar surface area (TPSA) is 15.3 Å². The van der Waals surface area contributed by atoms with Crippen molar-refractivity contribution in [2.75, 3.05) is 27.2 Å². The number of nitrogens with zero attached hydrogens (tertiary/aromatic N) is 1. The van der Waals surface area contributed by atoms with Crippen LogP contribution in [0.1, 0.15) is 46.0 Å². The third-order valence-corrected chi connectivity index (χ3v) is 2.41. The first-order valence-corrected chi connectivity index (χ1v) is 6.05. The molecule has 0 spiro atoms. The molecule has 0 aromatic rings. The predicted octanol–water partition coefficient (Wildman–Crippen LogP) is 2.50. The molecule has 0 aliphatic rings. The molecule has 0 aliphatic carbocycles. The smallest absolute Gasteiger partial charge is 0.0166 e. The summed E-state index contributed by atoms with van der Waals surface area (Å²) in [6.45, 7) is 6.83. The molecule has 2 heteroatoms. The van der Waals surface area contributed by atoms with Gasteiger partial charge in [-0.25, -0.2) is 0 Å². The number of likely N-dealkylation sites (N-methyl/N-ethyl adjacent to an activating group) is 1. The number of hydrogen-bond donors (Lipinski definition) is 1. The minimum absolute atomic E-state index is 0.621. The van der Waals surface area contributed by atoms with E-state index in [0.29, 0.717) is 6.04 Å². The molecule has 0 saturated carbocycles. The van der Waals surface area contributed by atoms with E-state index in [0.717, 1.165) is 6.54 Å². The Kier molecular flexibility index (Phi) is 9.42. The Morgan fingerprint density at radius 1 is 1.07 bits per heavy atom. The van der Waals surface area contributed by atoms with Gasteiger partial charge < -0.3 is 10.2 Å². The molecule has 14 heavy (non-hydrogen) atoms. The van der Waals surface area contributed by atoms with Crippen LogP contribution in [-0.2, 0) is 0 Å². The molecule has 0 rings (SSSR count). The van der Waals surface area contributed by atoms with Crippen molar-refractivity contribution >= 4 is 0 Å². The van der Waals surface area contributed by atoms with E-state index in [1.165, 1.54) is 38.6 Å². The van der Waals surface area contributed by atoms with Crippen molar-refractivity contribution < 1.29 is 0 Å². The molecular formula is C12H28N2. The Balaban J connectivity index is 3.10. The van der Waals surface area contributed by atoms with Gasteiger partial charge in [0.1, 0.15) is 0 Å². The lowest BCUT2D eigenvalue weighted by molar-refractivity contribution is 0.348. The highest BCUT2D eigenvalue weighted by molar-refractivity contribution is 4.62. The highest BCUT2D eigenvalue weighted by atomic mass is 15.1. The Morgan fingerprint density at radius 2 is 1.71 bits per heavy atom. The maximum Gasteiger partial charge on any atom is 0.0166 e. The molecule has 0 aliphatic heterocycles. The normalized spacial score (nSPS) is 13.5. The van der Waals surface area contributed by atoms with Crippen molar-refractivity contribution in [1.82, 2.24) is 10.2 Å². The van der Waals surface area contributed by atoms with Crippen molar-refractivity contribution in [3.63, 3.8) is 0 Å². The average molecular weight is 200 g/mol. The highest BCUT2D eigenvalue weighted by Gasteiger charge is 2.00. The molecule has 1 N–H and O–H groups in total. The monoisotopic (exact) mass is 200 g/mol. The summed E-state index contributed by atoms with van der Waals surface area (Å²) in [6.07, 6.45) is 6.85. The Morgan fingerprint density at radius 3 is 2.29 bits per heavy atom. The van der Waals surface area contributed by atoms with E-state index in [4.69, 9.17) is 0 Å². The summed E-state index contributed by atoms with van der Waals surface area (Å²) < 4.78 is 0. The fraction of sp³-hybridized carbons (Fsp3) is 1.00. The minimum Gasteiger partial charge on any atom is -0.313 e. The summed E-state index contributed by atoms with van der Waals surface area (Å²) in [5.41, 5.74) is 0. The summed E-state index contributed by atoms with van der Waals surface area (Å²) in [5.74, 6) is 0. The molecule has 1 unspecified atom stereocenters. The summed E-state index contributed by atoms with van der Waals surface area (Å²) in [4.78, 5) is 2.23. The average Bonchev–Trinajstić information content (AvgIpc) is 2.10. The lowest BCUT2D eigenvalue weighted by Crippen LogP contribution is -2.36. The summed E-state index contributed by atoms with van der Waals surface area (Å²) in [6, 6.07) is 0.621. The minimum atomic E-state index is 0.621. The van der Waals surface area contributed by atoms with Crippen LogP contribution in [0.5, 0.6) is 0 Å². The standard InChI is InChI=1S/C12H28N2/c1-5-6-7-8-9-10-13-12(2)11-14(3)4/h12-13H,5-11H2,1-4H3. The van der Waals surface area contributed by atoms with Crippen LogP contribution in [0.25, 0.3) is 0 Å². The summed E-state index contributed by atoms with van der Waals surface area (Å²) in [5, 5.41) is 3.55. The molecule has 86 valence electrons. The summed E-state index contributed by atoms with van der Waals surface area (Å²) in [7, 11) is 4.25. The first-order chi connectivity index (χ1) is 6.66. The van der Waals surface area contributed by atoms with Crippen molar-refractivity contribution in [2.24, 2.45) is 0 Å². The van der Waals surface area contributed by atoms with Crippen LogP contribution in [0.2, 0.25) is 0 Å². The SMILES string of the molecule is CCCCCCCNC(C)CN(C)C. The number of rotatable bonds is 9. The first-order valence-electron chi connectivity index (χ1n) is 6.05. The van der Waals surface area contributed by atoms with Gasteiger partial charge in [0.05, 0.1) is 0 Å². The molecule has 0 aromatic heterocycles. The lowest BCUT2D eigenvalue weighted by atomic mass is 10.1. The van der Waals surface area contributed by atoms with Gasteiger partial charge in [-0.1, -0.05) is 32.6 Å². The molecule has 1 atom stereocenters. The third kappa shape index (κ3) is 10.0. The van der Waals surface area contributed by atoms with Crippen molar-refractivity contribution in [3.05, 3.63) is 0 Å². The van der Waals surface area contributed by atoms with Gasteiger partial charge in [-0.3, -0.25) is 0 Å². The maximum atomic E-state index is 3.55. The lowest BCUT2D eigenvalue weighted by Gasteiger charge is -2.18. The van der Waals surface area contributed by atoms with Crippen LogP contribution in [-0.4, -0.2) is 38.1 Å². The van der Waals surface area contributed by atoms with Crippen LogP contribution in [0.3, 0.4) is 0 Å². The predicted molar refractivity (Wildman–Crippen MR) is 64.8 cm³/mol. The van der Waals surface area contributed by atoms with Gasteiger partial charge in [0, 0.05) is 12.6 Å². The van der Waals surface area contributed by atoms with Gasteiger partial charge in [-0.05, 0) is 34.0 Å². The Labute approximate surface area is 90.1 Å². The second kappa shape index (κ2) is 9.47. The van der Waals surface area contributed by atoms with Gasteiger partial charge in [-0.2, -0.15) is 0 Å². The van der Waals surface area contributed by atoms with Crippen LogP contribution in [0, 0.1) is 0 Å². The van der Waals surface area contributed by atoms with Gasteiger partial charge in [0.25, 0.3) is 0 Å². The van der Waals surface area contributed by atoms with Crippen LogP contribution >= 0.6 is 0 Å². The van der Waals surface area contributed by atoms with Crippen LogP contribution in [0.15, 0.2) is 0 Å². The fourth-order valence-electron chi connectivity index (χ4n) is 1.69. The van der Waals surface area contributed by atoms with Crippen molar-refractivity contribution in [1.29, 1.82) is 0 Å². The zero-order valence-electron chi connectivity index (χ0n) is 10.5. The van der Waals surface area contributed by atoms with E-state index < -0.39 is 0 Å². The van der Waals surface area contributed by atoms with E-state index in [1.54, 1.807) is 0 Å². The second-order valence-corrected chi connectivity index (χ2v) is 4.53. The first kappa shape index (κ1) is 13.9. The molecular weight excluding hydrogens is 172 g/mol. The van der Waals surface area contributed by atoms with E-state index in [-0.39, 0.29) is 0 Å². The zero-order chi connectivity index (χ0) is 10.8. The largest absolute Gasteiger partial charge is 0.313 e. The highest BCUT2D eigenvalue weighted by Crippen LogP contribution is 2.01. The van der Waals surface area contributed by atoms with Gasteiger partial charge in [-0.15, -0.1) is 0 Å². The van der Waals surface area contributed by atoms with Gasteiger partial charge >= 0.3 is 0 Å². The molecule has 0 fully saturated rings. The fourth-order valence-corrected chi connectivity index (χ4v) is 1.69. The van der Waals surface area contributed by atoms with Gasteiger partial charge in [0.2, 0.25) is 0 Å². The second-order valence-electron chi connectivity index (χ2n) is 4.53. The van der Waals surface area contributed by atoms with Gasteiger partial charge in [0.15, 0.2) is 0 Å². The molecule has 0 saturated heterocycles. The quantitative estimate of drug-likeness (QED) is 0.575. The maximum absolute atomic E-state index is 3.55. The number of unbranched alkanes of at least 4 members (excludes halogenated alkanes) is 4. The Hall–Kier alpha value is -0.0800. The zero-order valence-corrected chi connectivity index (χ0v) is 10.5. The number of nitrogens with one attached hydrogen (secondary N) is 1. The van der Waals surface area contributed by atoms with Crippen LogP contribution < -0.4 is 5.32 Å². The number of hydrogen-bond acceptors (Lipinski definition) is 2. The molecule has 0 amide bonds. The molecule has 0 radical (unpaired) electrons. The summed E-state index contributed by atoms with van der Waals surface area (Å²) >= 11 is 0. The van der Waals surface area contributed by atoms with Crippen molar-refractivity contribution in [3.8, 4) is 0 Å². The molecule has 0 aromatic carbocycles. The van der Waals surface area contributed by atoms with Crippen molar-refractivity contribution in [2.45, 2.75) is 52.0 Å². The molecule has 2 nitrogen and oxygen atoms in total. The van der Waals surface area contributed by atoms with E-state index in [2.05, 4.69) is 38.2 Å². The van der Waals surface area contributed by atoms with E-state index in [9.17, 15) is 0 Å². The van der Waals surface area contributed by atoms with Crippen LogP contribution in [0.4, 0.5) is 0 Å². The Bertz CT molecular complexity index is 113. The third-order valence-electron chi connectivity index (χ3n) is 2.41. The molecule has 0 heterocycles. The van der Waals surface area contributed by atoms with E-state index in [1.807, 2.05) is 0 Å².